The van der Waals surface area contributed by atoms with Gasteiger partial charge in [0.15, 0.2) is 0 Å². The summed E-state index contributed by atoms with van der Waals surface area (Å²) in [5.41, 5.74) is 3.16. The third kappa shape index (κ3) is 4.30. The fourth-order valence-corrected chi connectivity index (χ4v) is 3.86. The van der Waals surface area contributed by atoms with E-state index < -0.39 is 0 Å². The Morgan fingerprint density at radius 1 is 0.862 bits per heavy atom. The molecule has 0 saturated carbocycles. The first-order chi connectivity index (χ1) is 14.1. The van der Waals surface area contributed by atoms with Crippen LogP contribution in [-0.4, -0.2) is 25.2 Å². The van der Waals surface area contributed by atoms with Crippen molar-refractivity contribution in [1.82, 2.24) is 4.98 Å². The van der Waals surface area contributed by atoms with E-state index in [2.05, 4.69) is 21.7 Å². The van der Waals surface area contributed by atoms with E-state index in [0.717, 1.165) is 20.8 Å². The molecule has 1 aromatic heterocycles. The average molecular weight is 405 g/mol. The van der Waals surface area contributed by atoms with Gasteiger partial charge in [-0.15, -0.1) is 11.3 Å². The lowest BCUT2D eigenvalue weighted by atomic mass is 10.2. The van der Waals surface area contributed by atoms with E-state index >= 15 is 0 Å². The summed E-state index contributed by atoms with van der Waals surface area (Å²) in [5, 5.41) is 6.56. The summed E-state index contributed by atoms with van der Waals surface area (Å²) in [4.78, 5) is 17.1. The van der Waals surface area contributed by atoms with E-state index in [9.17, 15) is 4.79 Å². The zero-order valence-corrected chi connectivity index (χ0v) is 16.7. The quantitative estimate of drug-likeness (QED) is 0.452. The molecule has 0 saturated heterocycles. The first kappa shape index (κ1) is 18.8. The lowest BCUT2D eigenvalue weighted by Crippen LogP contribution is -2.19. The third-order valence-corrected chi connectivity index (χ3v) is 5.36. The molecule has 29 heavy (non-hydrogen) atoms. The number of carbonyl (C=O) groups excluding carboxylic acids is 1. The molecule has 1 heterocycles. The molecule has 0 aliphatic heterocycles. The van der Waals surface area contributed by atoms with Crippen LogP contribution in [0.5, 0.6) is 11.5 Å². The number of methoxy groups -OCH3 is 2. The van der Waals surface area contributed by atoms with Crippen molar-refractivity contribution in [2.75, 3.05) is 24.9 Å². The van der Waals surface area contributed by atoms with Crippen LogP contribution >= 0.6 is 11.3 Å². The standard InChI is InChI=1S/C22H19N3O3S/c1-27-17-11-16(12-18(13-17)28-2)24-22(26)23-15-7-5-6-14(10-15)21-25-19-8-3-4-9-20(19)29-21/h3-13H,1-2H3,(H2,23,24,26). The number of nitrogens with one attached hydrogen (secondary N) is 2. The van der Waals surface area contributed by atoms with Crippen molar-refractivity contribution in [2.24, 2.45) is 0 Å². The van der Waals surface area contributed by atoms with Crippen LogP contribution in [0.1, 0.15) is 0 Å². The smallest absolute Gasteiger partial charge is 0.323 e. The van der Waals surface area contributed by atoms with Gasteiger partial charge < -0.3 is 20.1 Å². The van der Waals surface area contributed by atoms with Crippen molar-refractivity contribution >= 4 is 39.0 Å². The summed E-state index contributed by atoms with van der Waals surface area (Å²) in [6.07, 6.45) is 0. The first-order valence-electron chi connectivity index (χ1n) is 8.92. The first-order valence-corrected chi connectivity index (χ1v) is 9.73. The molecule has 2 N–H and O–H groups in total. The van der Waals surface area contributed by atoms with Crippen molar-refractivity contribution in [2.45, 2.75) is 0 Å². The minimum atomic E-state index is -0.359. The Hall–Kier alpha value is -3.58. The lowest BCUT2D eigenvalue weighted by molar-refractivity contribution is 0.262. The molecular formula is C22H19N3O3S. The molecule has 0 unspecified atom stereocenters. The van der Waals surface area contributed by atoms with E-state index in [1.165, 1.54) is 0 Å². The molecule has 4 rings (SSSR count). The maximum atomic E-state index is 12.5. The molecule has 0 atom stereocenters. The number of urea groups is 1. The number of benzene rings is 3. The Morgan fingerprint density at radius 2 is 1.59 bits per heavy atom. The van der Waals surface area contributed by atoms with Gasteiger partial charge in [0.2, 0.25) is 0 Å². The Morgan fingerprint density at radius 3 is 2.31 bits per heavy atom. The van der Waals surface area contributed by atoms with Gasteiger partial charge in [0.1, 0.15) is 16.5 Å². The van der Waals surface area contributed by atoms with E-state index in [4.69, 9.17) is 9.47 Å². The van der Waals surface area contributed by atoms with Crippen molar-refractivity contribution < 1.29 is 14.3 Å². The second-order valence-electron chi connectivity index (χ2n) is 6.25. The molecule has 0 bridgehead atoms. The molecule has 6 nitrogen and oxygen atoms in total. The topological polar surface area (TPSA) is 72.5 Å². The second kappa shape index (κ2) is 8.20. The molecule has 7 heteroatoms. The number of para-hydroxylation sites is 1. The summed E-state index contributed by atoms with van der Waals surface area (Å²) >= 11 is 1.62. The van der Waals surface area contributed by atoms with Gasteiger partial charge in [-0.2, -0.15) is 0 Å². The number of nitrogens with zero attached hydrogens (tertiary/aromatic N) is 1. The summed E-state index contributed by atoms with van der Waals surface area (Å²) in [7, 11) is 3.12. The summed E-state index contributed by atoms with van der Waals surface area (Å²) < 4.78 is 11.6. The number of hydrogen-bond acceptors (Lipinski definition) is 5. The summed E-state index contributed by atoms with van der Waals surface area (Å²) in [5.74, 6) is 1.19. The maximum Gasteiger partial charge on any atom is 0.323 e. The lowest BCUT2D eigenvalue weighted by Gasteiger charge is -2.11. The molecule has 146 valence electrons. The number of hydrogen-bond donors (Lipinski definition) is 2. The average Bonchev–Trinajstić information content (AvgIpc) is 3.18. The number of carbonyl (C=O) groups is 1. The van der Waals surface area contributed by atoms with Gasteiger partial charge >= 0.3 is 6.03 Å². The van der Waals surface area contributed by atoms with E-state index in [1.54, 1.807) is 43.8 Å². The van der Waals surface area contributed by atoms with Gasteiger partial charge in [-0.1, -0.05) is 24.3 Å². The Labute approximate surface area is 172 Å². The highest BCUT2D eigenvalue weighted by molar-refractivity contribution is 7.21. The number of aromatic nitrogens is 1. The van der Waals surface area contributed by atoms with Gasteiger partial charge in [0, 0.05) is 35.1 Å². The largest absolute Gasteiger partial charge is 0.497 e. The number of rotatable bonds is 5. The van der Waals surface area contributed by atoms with Crippen LogP contribution in [0, 0.1) is 0 Å². The second-order valence-corrected chi connectivity index (χ2v) is 7.28. The summed E-state index contributed by atoms with van der Waals surface area (Å²) in [6.45, 7) is 0. The van der Waals surface area contributed by atoms with Crippen LogP contribution in [0.25, 0.3) is 20.8 Å². The Bertz CT molecular complexity index is 1120. The van der Waals surface area contributed by atoms with Crippen LogP contribution in [0.15, 0.2) is 66.7 Å². The molecule has 4 aromatic rings. The van der Waals surface area contributed by atoms with E-state index in [-0.39, 0.29) is 6.03 Å². The van der Waals surface area contributed by atoms with E-state index in [1.807, 2.05) is 42.5 Å². The van der Waals surface area contributed by atoms with Crippen molar-refractivity contribution in [3.05, 3.63) is 66.7 Å². The number of amides is 2. The van der Waals surface area contributed by atoms with Crippen LogP contribution in [-0.2, 0) is 0 Å². The van der Waals surface area contributed by atoms with Crippen LogP contribution in [0.2, 0.25) is 0 Å². The fourth-order valence-electron chi connectivity index (χ4n) is 2.90. The van der Waals surface area contributed by atoms with Gasteiger partial charge in [-0.3, -0.25) is 0 Å². The predicted molar refractivity (Wildman–Crippen MR) is 117 cm³/mol. The number of fused-ring (bicyclic) bond motifs is 1. The van der Waals surface area contributed by atoms with Crippen molar-refractivity contribution in [3.8, 4) is 22.1 Å². The van der Waals surface area contributed by atoms with Gasteiger partial charge in [0.05, 0.1) is 24.4 Å². The minimum Gasteiger partial charge on any atom is -0.497 e. The molecule has 2 amide bonds. The molecule has 0 spiro atoms. The summed E-state index contributed by atoms with van der Waals surface area (Å²) in [6, 6.07) is 20.5. The maximum absolute atomic E-state index is 12.5. The van der Waals surface area contributed by atoms with Gasteiger partial charge in [-0.25, -0.2) is 9.78 Å². The SMILES string of the molecule is COc1cc(NC(=O)Nc2cccc(-c3nc4ccccc4s3)c2)cc(OC)c1. The number of thiazole rings is 1. The van der Waals surface area contributed by atoms with Gasteiger partial charge in [0.25, 0.3) is 0 Å². The number of anilines is 2. The highest BCUT2D eigenvalue weighted by atomic mass is 32.1. The van der Waals surface area contributed by atoms with Crippen LogP contribution in [0.3, 0.4) is 0 Å². The molecule has 0 aliphatic rings. The van der Waals surface area contributed by atoms with Gasteiger partial charge in [-0.05, 0) is 24.3 Å². The molecule has 0 aliphatic carbocycles. The third-order valence-electron chi connectivity index (χ3n) is 4.27. The molecule has 0 radical (unpaired) electrons. The molecule has 3 aromatic carbocycles. The zero-order chi connectivity index (χ0) is 20.2. The zero-order valence-electron chi connectivity index (χ0n) is 15.9. The van der Waals surface area contributed by atoms with Crippen molar-refractivity contribution in [3.63, 3.8) is 0 Å². The van der Waals surface area contributed by atoms with Crippen LogP contribution in [0.4, 0.5) is 16.2 Å². The predicted octanol–water partition coefficient (Wildman–Crippen LogP) is 5.62. The van der Waals surface area contributed by atoms with Crippen LogP contribution < -0.4 is 20.1 Å². The number of ether oxygens (including phenoxy) is 2. The molecular weight excluding hydrogens is 386 g/mol. The highest BCUT2D eigenvalue weighted by Crippen LogP contribution is 2.31. The highest BCUT2D eigenvalue weighted by Gasteiger charge is 2.09. The Kier molecular flexibility index (Phi) is 5.31. The van der Waals surface area contributed by atoms with E-state index in [0.29, 0.717) is 22.9 Å². The van der Waals surface area contributed by atoms with Crippen molar-refractivity contribution in [1.29, 1.82) is 0 Å². The monoisotopic (exact) mass is 405 g/mol. The minimum absolute atomic E-state index is 0.359. The Balaban J connectivity index is 1.51. The fraction of sp³-hybridized carbons (Fsp3) is 0.0909. The molecule has 0 fully saturated rings. The normalized spacial score (nSPS) is 10.6.